The van der Waals surface area contributed by atoms with E-state index in [1.54, 1.807) is 23.0 Å². The average Bonchev–Trinajstić information content (AvgIpc) is 3.14. The van der Waals surface area contributed by atoms with Gasteiger partial charge in [0.15, 0.2) is 5.69 Å². The van der Waals surface area contributed by atoms with E-state index in [1.807, 2.05) is 0 Å². The number of hydrogen-bond donors (Lipinski definition) is 2. The van der Waals surface area contributed by atoms with Crippen LogP contribution in [-0.2, 0) is 0 Å². The van der Waals surface area contributed by atoms with Crippen LogP contribution >= 0.6 is 15.9 Å². The number of rotatable bonds is 4. The first-order valence-electron chi connectivity index (χ1n) is 7.60. The Bertz CT molecular complexity index is 701. The fraction of sp³-hybridized carbons (Fsp3) is 0.375. The van der Waals surface area contributed by atoms with Crippen molar-refractivity contribution in [3.05, 3.63) is 46.4 Å². The summed E-state index contributed by atoms with van der Waals surface area (Å²) in [7, 11) is 0. The molecule has 7 heteroatoms. The van der Waals surface area contributed by atoms with Gasteiger partial charge in [0.1, 0.15) is 5.82 Å². The zero-order chi connectivity index (χ0) is 16.4. The first kappa shape index (κ1) is 16.1. The lowest BCUT2D eigenvalue weighted by Gasteiger charge is -2.18. The molecular formula is C16H18BrFN4O. The highest BCUT2D eigenvalue weighted by Crippen LogP contribution is 2.25. The van der Waals surface area contributed by atoms with Crippen LogP contribution in [0.15, 0.2) is 34.9 Å². The van der Waals surface area contributed by atoms with Crippen molar-refractivity contribution in [1.29, 1.82) is 0 Å². The Morgan fingerprint density at radius 3 is 2.83 bits per heavy atom. The lowest BCUT2D eigenvalue weighted by Crippen LogP contribution is -2.40. The van der Waals surface area contributed by atoms with Gasteiger partial charge in [-0.25, -0.2) is 9.07 Å². The number of nitrogens with zero attached hydrogens (tertiary/aromatic N) is 2. The molecule has 0 saturated heterocycles. The average molecular weight is 381 g/mol. The van der Waals surface area contributed by atoms with E-state index < -0.39 is 0 Å². The summed E-state index contributed by atoms with van der Waals surface area (Å²) in [5.74, 6) is -0.202. The Kier molecular flexibility index (Phi) is 4.77. The normalized spacial score (nSPS) is 20.7. The molecule has 1 heterocycles. The molecular weight excluding hydrogens is 363 g/mol. The maximum Gasteiger partial charge on any atom is 0.273 e. The molecule has 2 aromatic rings. The molecule has 23 heavy (non-hydrogen) atoms. The molecule has 0 bridgehead atoms. The van der Waals surface area contributed by atoms with Crippen LogP contribution in [0.1, 0.15) is 29.8 Å². The number of hydrogen-bond acceptors (Lipinski definition) is 3. The van der Waals surface area contributed by atoms with Crippen molar-refractivity contribution in [2.24, 2.45) is 11.7 Å². The summed E-state index contributed by atoms with van der Waals surface area (Å²) in [5.41, 5.74) is 6.75. The second-order valence-electron chi connectivity index (χ2n) is 5.75. The lowest BCUT2D eigenvalue weighted by molar-refractivity contribution is 0.0922. The van der Waals surface area contributed by atoms with Gasteiger partial charge in [-0.1, -0.05) is 6.42 Å². The fourth-order valence-electron chi connectivity index (χ4n) is 2.98. The van der Waals surface area contributed by atoms with E-state index in [-0.39, 0.29) is 17.8 Å². The molecule has 0 aliphatic heterocycles. The van der Waals surface area contributed by atoms with Crippen LogP contribution in [0.25, 0.3) is 5.69 Å². The number of benzene rings is 1. The summed E-state index contributed by atoms with van der Waals surface area (Å²) in [6, 6.07) is 6.04. The molecule has 1 aromatic heterocycles. The van der Waals surface area contributed by atoms with Crippen molar-refractivity contribution in [2.75, 3.05) is 6.54 Å². The Morgan fingerprint density at radius 1 is 1.39 bits per heavy atom. The van der Waals surface area contributed by atoms with E-state index in [9.17, 15) is 9.18 Å². The van der Waals surface area contributed by atoms with Gasteiger partial charge in [0, 0.05) is 12.2 Å². The van der Waals surface area contributed by atoms with Gasteiger partial charge in [-0.05, 0) is 65.5 Å². The molecule has 1 amide bonds. The van der Waals surface area contributed by atoms with Crippen molar-refractivity contribution >= 4 is 21.8 Å². The zero-order valence-electron chi connectivity index (χ0n) is 12.5. The SMILES string of the molecule is NCC1CCCC1NC(=O)c1nn(-c2ccc(F)cc2)cc1Br. The third-order valence-electron chi connectivity index (χ3n) is 4.25. The van der Waals surface area contributed by atoms with E-state index in [1.165, 1.54) is 12.1 Å². The van der Waals surface area contributed by atoms with Crippen molar-refractivity contribution in [1.82, 2.24) is 15.1 Å². The van der Waals surface area contributed by atoms with Gasteiger partial charge in [-0.15, -0.1) is 0 Å². The number of halogens is 2. The van der Waals surface area contributed by atoms with Crippen LogP contribution in [0.4, 0.5) is 4.39 Å². The molecule has 1 aromatic carbocycles. The fourth-order valence-corrected chi connectivity index (χ4v) is 3.43. The maximum atomic E-state index is 13.0. The number of nitrogens with two attached hydrogens (primary N) is 1. The molecule has 122 valence electrons. The quantitative estimate of drug-likeness (QED) is 0.855. The molecule has 1 aliphatic carbocycles. The molecule has 1 fully saturated rings. The molecule has 0 spiro atoms. The molecule has 0 radical (unpaired) electrons. The molecule has 2 atom stereocenters. The molecule has 1 aliphatic rings. The highest BCUT2D eigenvalue weighted by molar-refractivity contribution is 9.10. The van der Waals surface area contributed by atoms with Crippen molar-refractivity contribution in [3.8, 4) is 5.69 Å². The second-order valence-corrected chi connectivity index (χ2v) is 6.61. The van der Waals surface area contributed by atoms with E-state index in [4.69, 9.17) is 5.73 Å². The van der Waals surface area contributed by atoms with Crippen molar-refractivity contribution in [2.45, 2.75) is 25.3 Å². The summed E-state index contributed by atoms with van der Waals surface area (Å²) in [6.45, 7) is 0.580. The topological polar surface area (TPSA) is 72.9 Å². The predicted octanol–water partition coefficient (Wildman–Crippen LogP) is 2.63. The number of carbonyl (C=O) groups excluding carboxylic acids is 1. The first-order valence-corrected chi connectivity index (χ1v) is 8.40. The van der Waals surface area contributed by atoms with Gasteiger partial charge >= 0.3 is 0 Å². The van der Waals surface area contributed by atoms with Gasteiger partial charge < -0.3 is 11.1 Å². The third-order valence-corrected chi connectivity index (χ3v) is 4.83. The summed E-state index contributed by atoms with van der Waals surface area (Å²) < 4.78 is 15.1. The number of carbonyl (C=O) groups is 1. The van der Waals surface area contributed by atoms with E-state index in [0.717, 1.165) is 19.3 Å². The van der Waals surface area contributed by atoms with Crippen LogP contribution in [0.3, 0.4) is 0 Å². The number of amides is 1. The third kappa shape index (κ3) is 3.45. The minimum Gasteiger partial charge on any atom is -0.348 e. The highest BCUT2D eigenvalue weighted by Gasteiger charge is 2.29. The maximum absolute atomic E-state index is 13.0. The van der Waals surface area contributed by atoms with Crippen LogP contribution < -0.4 is 11.1 Å². The van der Waals surface area contributed by atoms with Gasteiger partial charge in [-0.3, -0.25) is 4.79 Å². The number of aromatic nitrogens is 2. The Hall–Kier alpha value is -1.73. The van der Waals surface area contributed by atoms with E-state index in [0.29, 0.717) is 28.3 Å². The number of nitrogens with one attached hydrogen (secondary N) is 1. The van der Waals surface area contributed by atoms with Gasteiger partial charge in [0.2, 0.25) is 0 Å². The predicted molar refractivity (Wildman–Crippen MR) is 88.9 cm³/mol. The van der Waals surface area contributed by atoms with Gasteiger partial charge in [0.05, 0.1) is 10.2 Å². The standard InChI is InChI=1S/C16H18BrFN4O/c17-13-9-22(12-6-4-11(18)5-7-12)21-15(13)16(23)20-14-3-1-2-10(14)8-19/h4-7,9-10,14H,1-3,8,19H2,(H,20,23). The molecule has 2 unspecified atom stereocenters. The summed E-state index contributed by atoms with van der Waals surface area (Å²) >= 11 is 3.37. The molecule has 3 rings (SSSR count). The van der Waals surface area contributed by atoms with Crippen LogP contribution in [0.2, 0.25) is 0 Å². The van der Waals surface area contributed by atoms with E-state index in [2.05, 4.69) is 26.3 Å². The second kappa shape index (κ2) is 6.80. The van der Waals surface area contributed by atoms with Gasteiger partial charge in [-0.2, -0.15) is 5.10 Å². The Morgan fingerprint density at radius 2 is 2.13 bits per heavy atom. The van der Waals surface area contributed by atoms with Crippen molar-refractivity contribution in [3.63, 3.8) is 0 Å². The summed E-state index contributed by atoms with van der Waals surface area (Å²) in [6.07, 6.45) is 4.77. The molecule has 1 saturated carbocycles. The summed E-state index contributed by atoms with van der Waals surface area (Å²) in [4.78, 5) is 12.5. The summed E-state index contributed by atoms with van der Waals surface area (Å²) in [5, 5.41) is 7.33. The van der Waals surface area contributed by atoms with Crippen LogP contribution in [0, 0.1) is 11.7 Å². The largest absolute Gasteiger partial charge is 0.348 e. The zero-order valence-corrected chi connectivity index (χ0v) is 14.1. The minimum atomic E-state index is -0.313. The Balaban J connectivity index is 1.77. The van der Waals surface area contributed by atoms with Gasteiger partial charge in [0.25, 0.3) is 5.91 Å². The minimum absolute atomic E-state index is 0.107. The smallest absolute Gasteiger partial charge is 0.273 e. The molecule has 5 nitrogen and oxygen atoms in total. The molecule has 3 N–H and O–H groups in total. The highest BCUT2D eigenvalue weighted by atomic mass is 79.9. The monoisotopic (exact) mass is 380 g/mol. The Labute approximate surface area is 142 Å². The first-order chi connectivity index (χ1) is 11.1. The van der Waals surface area contributed by atoms with Crippen LogP contribution in [-0.4, -0.2) is 28.3 Å². The van der Waals surface area contributed by atoms with Crippen LogP contribution in [0.5, 0.6) is 0 Å². The van der Waals surface area contributed by atoms with Crippen molar-refractivity contribution < 1.29 is 9.18 Å². The lowest BCUT2D eigenvalue weighted by atomic mass is 10.0. The van der Waals surface area contributed by atoms with E-state index >= 15 is 0 Å².